The summed E-state index contributed by atoms with van der Waals surface area (Å²) in [6.45, 7) is 4.65. The number of fused-ring (bicyclic) bond motifs is 1. The molecule has 1 fully saturated rings. The molecule has 2 aromatic rings. The minimum absolute atomic E-state index is 0.0404. The van der Waals surface area contributed by atoms with E-state index in [2.05, 4.69) is 13.8 Å². The normalized spacial score (nSPS) is 22.6. The van der Waals surface area contributed by atoms with Crippen molar-refractivity contribution in [2.45, 2.75) is 31.9 Å². The summed E-state index contributed by atoms with van der Waals surface area (Å²) in [7, 11) is 3.25. The largest absolute Gasteiger partial charge is 0.497 e. The van der Waals surface area contributed by atoms with Crippen LogP contribution in [0.4, 0.5) is 0 Å². The lowest BCUT2D eigenvalue weighted by Crippen LogP contribution is -2.41. The van der Waals surface area contributed by atoms with Gasteiger partial charge in [-0.2, -0.15) is 5.10 Å². The summed E-state index contributed by atoms with van der Waals surface area (Å²) in [5.74, 6) is 1.40. The van der Waals surface area contributed by atoms with Gasteiger partial charge in [0, 0.05) is 23.6 Å². The Hall–Kier alpha value is -2.86. The average molecular weight is 394 g/mol. The van der Waals surface area contributed by atoms with Gasteiger partial charge in [-0.05, 0) is 55.8 Å². The van der Waals surface area contributed by atoms with Crippen molar-refractivity contribution in [3.8, 4) is 11.5 Å². The molecule has 4 rings (SSSR count). The highest BCUT2D eigenvalue weighted by Gasteiger charge is 2.46. The summed E-state index contributed by atoms with van der Waals surface area (Å²) in [4.78, 5) is 13.4. The predicted octanol–water partition coefficient (Wildman–Crippen LogP) is 4.07. The minimum Gasteiger partial charge on any atom is -0.497 e. The molecule has 0 radical (unpaired) electrons. The van der Waals surface area contributed by atoms with Crippen molar-refractivity contribution in [3.63, 3.8) is 0 Å². The summed E-state index contributed by atoms with van der Waals surface area (Å²) < 4.78 is 16.6. The van der Waals surface area contributed by atoms with Crippen molar-refractivity contribution in [2.75, 3.05) is 20.8 Å². The zero-order valence-electron chi connectivity index (χ0n) is 17.2. The van der Waals surface area contributed by atoms with Crippen LogP contribution in [-0.4, -0.2) is 43.1 Å². The van der Waals surface area contributed by atoms with Gasteiger partial charge in [0.05, 0.1) is 32.5 Å². The van der Waals surface area contributed by atoms with Gasteiger partial charge in [-0.1, -0.05) is 12.1 Å². The van der Waals surface area contributed by atoms with Crippen LogP contribution in [0.15, 0.2) is 53.6 Å². The maximum Gasteiger partial charge on any atom is 0.274 e. The summed E-state index contributed by atoms with van der Waals surface area (Å²) in [6.07, 6.45) is 0.705. The van der Waals surface area contributed by atoms with Gasteiger partial charge in [0.2, 0.25) is 0 Å². The van der Waals surface area contributed by atoms with Crippen LogP contribution >= 0.6 is 0 Å². The fourth-order valence-corrected chi connectivity index (χ4v) is 4.00. The fraction of sp³-hybridized carbons (Fsp3) is 0.391. The van der Waals surface area contributed by atoms with E-state index in [9.17, 15) is 4.79 Å². The van der Waals surface area contributed by atoms with Crippen molar-refractivity contribution in [1.29, 1.82) is 0 Å². The van der Waals surface area contributed by atoms with E-state index in [-0.39, 0.29) is 23.5 Å². The molecule has 0 spiro atoms. The molecule has 0 aliphatic carbocycles. The van der Waals surface area contributed by atoms with E-state index < -0.39 is 0 Å². The standard InChI is InChI=1S/C23H26N2O4/c1-23(2)13-20-19(14-29-23)21(15-5-9-17(27-3)10-6-15)25(24-20)22(26)16-7-11-18(28-4)12-8-16/h5-12,19,21H,13-14H2,1-4H3. The second-order valence-electron chi connectivity index (χ2n) is 8.04. The third-order valence-electron chi connectivity index (χ3n) is 5.57. The van der Waals surface area contributed by atoms with E-state index in [0.717, 1.165) is 17.0 Å². The molecule has 6 heteroatoms. The zero-order valence-corrected chi connectivity index (χ0v) is 17.2. The number of nitrogens with zero attached hydrogens (tertiary/aromatic N) is 2. The first-order valence-corrected chi connectivity index (χ1v) is 9.75. The van der Waals surface area contributed by atoms with E-state index in [4.69, 9.17) is 19.3 Å². The second-order valence-corrected chi connectivity index (χ2v) is 8.04. The first kappa shape index (κ1) is 19.5. The molecule has 6 nitrogen and oxygen atoms in total. The van der Waals surface area contributed by atoms with Crippen LogP contribution in [0.2, 0.25) is 0 Å². The van der Waals surface area contributed by atoms with E-state index in [1.165, 1.54) is 0 Å². The Morgan fingerprint density at radius 2 is 1.62 bits per heavy atom. The molecule has 152 valence electrons. The molecule has 2 heterocycles. The smallest absolute Gasteiger partial charge is 0.274 e. The Kier molecular flexibility index (Phi) is 5.04. The number of hydrogen-bond donors (Lipinski definition) is 0. The molecule has 2 aliphatic heterocycles. The molecule has 1 amide bonds. The van der Waals surface area contributed by atoms with Gasteiger partial charge in [-0.3, -0.25) is 4.79 Å². The monoisotopic (exact) mass is 394 g/mol. The Morgan fingerprint density at radius 3 is 2.21 bits per heavy atom. The molecule has 0 saturated carbocycles. The van der Waals surface area contributed by atoms with E-state index in [1.807, 2.05) is 24.3 Å². The minimum atomic E-state index is -0.279. The van der Waals surface area contributed by atoms with E-state index >= 15 is 0 Å². The number of hydrogen-bond acceptors (Lipinski definition) is 5. The van der Waals surface area contributed by atoms with Gasteiger partial charge in [0.15, 0.2) is 0 Å². The van der Waals surface area contributed by atoms with Crippen molar-refractivity contribution < 1.29 is 19.0 Å². The van der Waals surface area contributed by atoms with E-state index in [0.29, 0.717) is 24.3 Å². The molecular weight excluding hydrogens is 368 g/mol. The summed E-state index contributed by atoms with van der Waals surface area (Å²) in [5.41, 5.74) is 2.33. The topological polar surface area (TPSA) is 60.4 Å². The van der Waals surface area contributed by atoms with Crippen molar-refractivity contribution in [3.05, 3.63) is 59.7 Å². The Balaban J connectivity index is 1.70. The Morgan fingerprint density at radius 1 is 1.03 bits per heavy atom. The number of rotatable bonds is 4. The van der Waals surface area contributed by atoms with Crippen LogP contribution in [0.5, 0.6) is 11.5 Å². The summed E-state index contributed by atoms with van der Waals surface area (Å²) in [6, 6.07) is 14.7. The van der Waals surface area contributed by atoms with Gasteiger partial charge < -0.3 is 14.2 Å². The molecule has 0 aromatic heterocycles. The van der Waals surface area contributed by atoms with Gasteiger partial charge in [0.1, 0.15) is 11.5 Å². The average Bonchev–Trinajstić information content (AvgIpc) is 3.10. The maximum absolute atomic E-state index is 13.4. The lowest BCUT2D eigenvalue weighted by atomic mass is 9.83. The van der Waals surface area contributed by atoms with Crippen molar-refractivity contribution in [1.82, 2.24) is 5.01 Å². The molecule has 2 atom stereocenters. The molecule has 2 aliphatic rings. The summed E-state index contributed by atoms with van der Waals surface area (Å²) in [5, 5.41) is 6.40. The molecule has 0 bridgehead atoms. The number of carbonyl (C=O) groups is 1. The lowest BCUT2D eigenvalue weighted by Gasteiger charge is -2.36. The van der Waals surface area contributed by atoms with Crippen LogP contribution in [0.25, 0.3) is 0 Å². The molecule has 2 unspecified atom stereocenters. The molecule has 0 N–H and O–H groups in total. The number of hydrazone groups is 1. The highest BCUT2D eigenvalue weighted by molar-refractivity contribution is 5.99. The van der Waals surface area contributed by atoms with E-state index in [1.54, 1.807) is 43.5 Å². The second kappa shape index (κ2) is 7.52. The van der Waals surface area contributed by atoms with Gasteiger partial charge in [-0.25, -0.2) is 5.01 Å². The van der Waals surface area contributed by atoms with Gasteiger partial charge in [0.25, 0.3) is 5.91 Å². The predicted molar refractivity (Wildman–Crippen MR) is 110 cm³/mol. The quantitative estimate of drug-likeness (QED) is 0.784. The van der Waals surface area contributed by atoms with Crippen molar-refractivity contribution in [2.24, 2.45) is 11.0 Å². The highest BCUT2D eigenvalue weighted by atomic mass is 16.5. The van der Waals surface area contributed by atoms with Crippen molar-refractivity contribution >= 4 is 11.6 Å². The first-order valence-electron chi connectivity index (χ1n) is 9.75. The fourth-order valence-electron chi connectivity index (χ4n) is 4.00. The third kappa shape index (κ3) is 3.72. The molecule has 2 aromatic carbocycles. The number of methoxy groups -OCH3 is 2. The maximum atomic E-state index is 13.4. The van der Waals surface area contributed by atoms with Gasteiger partial charge >= 0.3 is 0 Å². The van der Waals surface area contributed by atoms with Crippen LogP contribution in [0.1, 0.15) is 42.2 Å². The Bertz CT molecular complexity index is 919. The third-order valence-corrected chi connectivity index (χ3v) is 5.57. The highest BCUT2D eigenvalue weighted by Crippen LogP contribution is 2.42. The van der Waals surface area contributed by atoms with Crippen LogP contribution in [-0.2, 0) is 4.74 Å². The molecular formula is C23H26N2O4. The zero-order chi connectivity index (χ0) is 20.6. The van der Waals surface area contributed by atoms with Crippen LogP contribution in [0, 0.1) is 5.92 Å². The van der Waals surface area contributed by atoms with Gasteiger partial charge in [-0.15, -0.1) is 0 Å². The number of amides is 1. The SMILES string of the molecule is COc1ccc(C(=O)N2N=C3CC(C)(C)OCC3C2c2ccc(OC)cc2)cc1. The molecule has 29 heavy (non-hydrogen) atoms. The first-order chi connectivity index (χ1) is 13.9. The number of ether oxygens (including phenoxy) is 3. The summed E-state index contributed by atoms with van der Waals surface area (Å²) >= 11 is 0. The lowest BCUT2D eigenvalue weighted by molar-refractivity contribution is -0.0424. The Labute approximate surface area is 171 Å². The van der Waals surface area contributed by atoms with Crippen LogP contribution < -0.4 is 9.47 Å². The molecule has 1 saturated heterocycles. The number of carbonyl (C=O) groups excluding carboxylic acids is 1. The number of benzene rings is 2. The van der Waals surface area contributed by atoms with Crippen LogP contribution in [0.3, 0.4) is 0 Å².